The van der Waals surface area contributed by atoms with E-state index in [1.807, 2.05) is 30.3 Å². The molecule has 0 saturated heterocycles. The average molecular weight is 350 g/mol. The van der Waals surface area contributed by atoms with Gasteiger partial charge in [-0.15, -0.1) is 0 Å². The van der Waals surface area contributed by atoms with Crippen molar-refractivity contribution < 1.29 is 4.79 Å². The van der Waals surface area contributed by atoms with E-state index in [-0.39, 0.29) is 5.91 Å². The van der Waals surface area contributed by atoms with Gasteiger partial charge in [0, 0.05) is 23.8 Å². The van der Waals surface area contributed by atoms with Crippen LogP contribution in [0.25, 0.3) is 0 Å². The molecule has 21 heavy (non-hydrogen) atoms. The summed E-state index contributed by atoms with van der Waals surface area (Å²) in [7, 11) is 1.79. The van der Waals surface area contributed by atoms with E-state index in [0.717, 1.165) is 22.2 Å². The van der Waals surface area contributed by atoms with Crippen LogP contribution in [-0.4, -0.2) is 28.1 Å². The molecular formula is C16H20BrN3O. The van der Waals surface area contributed by atoms with Crippen molar-refractivity contribution in [2.75, 3.05) is 7.05 Å². The average Bonchev–Trinajstić information content (AvgIpc) is 2.88. The van der Waals surface area contributed by atoms with Crippen LogP contribution >= 0.6 is 15.9 Å². The fourth-order valence-electron chi connectivity index (χ4n) is 2.17. The molecule has 112 valence electrons. The lowest BCUT2D eigenvalue weighted by atomic mass is 10.1. The topological polar surface area (TPSA) is 49.0 Å². The Balaban J connectivity index is 2.05. The van der Waals surface area contributed by atoms with Crippen molar-refractivity contribution in [1.29, 1.82) is 0 Å². The Hall–Kier alpha value is -1.62. The zero-order valence-electron chi connectivity index (χ0n) is 12.6. The standard InChI is InChI=1S/C16H20BrN3O/c1-11(2)8-13-9-15(19-18-13)16(21)20(3)10-12-6-4-5-7-14(12)17/h4-7,9,11H,8,10H2,1-3H3,(H,18,19). The van der Waals surface area contributed by atoms with Crippen molar-refractivity contribution in [3.63, 3.8) is 0 Å². The highest BCUT2D eigenvalue weighted by Crippen LogP contribution is 2.18. The lowest BCUT2D eigenvalue weighted by Gasteiger charge is -2.16. The predicted octanol–water partition coefficient (Wildman–Crippen LogP) is 3.64. The Bertz CT molecular complexity index is 621. The molecule has 0 aliphatic rings. The molecule has 0 fully saturated rings. The summed E-state index contributed by atoms with van der Waals surface area (Å²) >= 11 is 3.50. The molecule has 0 unspecified atom stereocenters. The number of aromatic nitrogens is 2. The first kappa shape index (κ1) is 15.8. The Morgan fingerprint density at radius 2 is 2.10 bits per heavy atom. The molecule has 1 heterocycles. The van der Waals surface area contributed by atoms with Crippen molar-refractivity contribution in [3.05, 3.63) is 51.8 Å². The van der Waals surface area contributed by atoms with Gasteiger partial charge >= 0.3 is 0 Å². The first-order valence-corrected chi connectivity index (χ1v) is 7.80. The predicted molar refractivity (Wildman–Crippen MR) is 87.1 cm³/mol. The maximum absolute atomic E-state index is 12.4. The molecular weight excluding hydrogens is 330 g/mol. The second kappa shape index (κ2) is 6.89. The van der Waals surface area contributed by atoms with E-state index in [1.165, 1.54) is 0 Å². The summed E-state index contributed by atoms with van der Waals surface area (Å²) in [5, 5.41) is 7.07. The van der Waals surface area contributed by atoms with Crippen LogP contribution in [0.5, 0.6) is 0 Å². The third kappa shape index (κ3) is 4.17. The van der Waals surface area contributed by atoms with E-state index >= 15 is 0 Å². The molecule has 1 amide bonds. The Morgan fingerprint density at radius 1 is 1.38 bits per heavy atom. The fourth-order valence-corrected chi connectivity index (χ4v) is 2.58. The molecule has 1 aromatic carbocycles. The van der Waals surface area contributed by atoms with Gasteiger partial charge in [0.25, 0.3) is 5.91 Å². The molecule has 0 aliphatic carbocycles. The van der Waals surface area contributed by atoms with Crippen LogP contribution < -0.4 is 0 Å². The fraction of sp³-hybridized carbons (Fsp3) is 0.375. The van der Waals surface area contributed by atoms with Gasteiger partial charge in [0.15, 0.2) is 0 Å². The number of hydrogen-bond acceptors (Lipinski definition) is 2. The summed E-state index contributed by atoms with van der Waals surface area (Å²) < 4.78 is 1.01. The molecule has 0 saturated carbocycles. The van der Waals surface area contributed by atoms with Gasteiger partial charge in [-0.25, -0.2) is 0 Å². The second-order valence-corrected chi connectivity index (χ2v) is 6.48. The molecule has 0 bridgehead atoms. The highest BCUT2D eigenvalue weighted by molar-refractivity contribution is 9.10. The number of nitrogens with zero attached hydrogens (tertiary/aromatic N) is 2. The highest BCUT2D eigenvalue weighted by atomic mass is 79.9. The van der Waals surface area contributed by atoms with E-state index < -0.39 is 0 Å². The van der Waals surface area contributed by atoms with Gasteiger partial charge in [0.1, 0.15) is 5.69 Å². The van der Waals surface area contributed by atoms with Gasteiger partial charge < -0.3 is 4.90 Å². The van der Waals surface area contributed by atoms with Gasteiger partial charge in [-0.3, -0.25) is 9.89 Å². The van der Waals surface area contributed by atoms with Gasteiger partial charge in [0.05, 0.1) is 0 Å². The molecule has 0 atom stereocenters. The smallest absolute Gasteiger partial charge is 0.274 e. The SMILES string of the molecule is CC(C)Cc1cc(C(=O)N(C)Cc2ccccc2Br)n[nH]1. The quantitative estimate of drug-likeness (QED) is 0.895. The number of nitrogens with one attached hydrogen (secondary N) is 1. The number of carbonyl (C=O) groups excluding carboxylic acids is 1. The minimum atomic E-state index is -0.0722. The molecule has 4 nitrogen and oxygen atoms in total. The Kier molecular flexibility index (Phi) is 5.17. The van der Waals surface area contributed by atoms with Crippen LogP contribution in [0.1, 0.15) is 35.6 Å². The van der Waals surface area contributed by atoms with Crippen molar-refractivity contribution >= 4 is 21.8 Å². The van der Waals surface area contributed by atoms with Crippen LogP contribution in [0.3, 0.4) is 0 Å². The summed E-state index contributed by atoms with van der Waals surface area (Å²) in [6, 6.07) is 9.75. The highest BCUT2D eigenvalue weighted by Gasteiger charge is 2.16. The zero-order chi connectivity index (χ0) is 15.4. The van der Waals surface area contributed by atoms with Crippen LogP contribution in [0.4, 0.5) is 0 Å². The monoisotopic (exact) mass is 349 g/mol. The molecule has 0 radical (unpaired) electrons. The summed E-state index contributed by atoms with van der Waals surface area (Å²) in [6.07, 6.45) is 0.897. The normalized spacial score (nSPS) is 10.9. The van der Waals surface area contributed by atoms with Crippen LogP contribution in [-0.2, 0) is 13.0 Å². The summed E-state index contributed by atoms with van der Waals surface area (Å²) in [5.41, 5.74) is 2.55. The summed E-state index contributed by atoms with van der Waals surface area (Å²) in [4.78, 5) is 14.1. The van der Waals surface area contributed by atoms with Crippen LogP contribution in [0.15, 0.2) is 34.8 Å². The first-order valence-electron chi connectivity index (χ1n) is 7.00. The number of carbonyl (C=O) groups is 1. The van der Waals surface area contributed by atoms with Gasteiger partial charge in [-0.2, -0.15) is 5.10 Å². The minimum absolute atomic E-state index is 0.0722. The molecule has 2 rings (SSSR count). The van der Waals surface area contributed by atoms with Crippen molar-refractivity contribution in [1.82, 2.24) is 15.1 Å². The van der Waals surface area contributed by atoms with E-state index in [9.17, 15) is 4.79 Å². The molecule has 0 spiro atoms. The third-order valence-electron chi connectivity index (χ3n) is 3.19. The number of rotatable bonds is 5. The number of amides is 1. The number of halogens is 1. The summed E-state index contributed by atoms with van der Waals surface area (Å²) in [5.74, 6) is 0.461. The van der Waals surface area contributed by atoms with Gasteiger partial charge in [-0.1, -0.05) is 48.0 Å². The van der Waals surface area contributed by atoms with E-state index in [4.69, 9.17) is 0 Å². The first-order chi connectivity index (χ1) is 9.97. The lowest BCUT2D eigenvalue weighted by molar-refractivity contribution is 0.0779. The van der Waals surface area contributed by atoms with Crippen molar-refractivity contribution in [2.24, 2.45) is 5.92 Å². The van der Waals surface area contributed by atoms with Gasteiger partial charge in [0.2, 0.25) is 0 Å². The van der Waals surface area contributed by atoms with E-state index in [2.05, 4.69) is 40.0 Å². The van der Waals surface area contributed by atoms with Crippen molar-refractivity contribution in [2.45, 2.75) is 26.8 Å². The Labute approximate surface area is 133 Å². The Morgan fingerprint density at radius 3 is 2.76 bits per heavy atom. The molecule has 1 N–H and O–H groups in total. The number of benzene rings is 1. The maximum atomic E-state index is 12.4. The molecule has 1 aromatic heterocycles. The largest absolute Gasteiger partial charge is 0.336 e. The summed E-state index contributed by atoms with van der Waals surface area (Å²) in [6.45, 7) is 4.83. The van der Waals surface area contributed by atoms with E-state index in [0.29, 0.717) is 18.2 Å². The molecule has 0 aliphatic heterocycles. The third-order valence-corrected chi connectivity index (χ3v) is 3.96. The minimum Gasteiger partial charge on any atom is -0.336 e. The van der Waals surface area contributed by atoms with E-state index in [1.54, 1.807) is 11.9 Å². The molecule has 2 aromatic rings. The maximum Gasteiger partial charge on any atom is 0.274 e. The lowest BCUT2D eigenvalue weighted by Crippen LogP contribution is -2.26. The van der Waals surface area contributed by atoms with Crippen LogP contribution in [0, 0.1) is 5.92 Å². The number of aromatic amines is 1. The molecule has 5 heteroatoms. The number of H-pyrrole nitrogens is 1. The zero-order valence-corrected chi connectivity index (χ0v) is 14.1. The van der Waals surface area contributed by atoms with Crippen molar-refractivity contribution in [3.8, 4) is 0 Å². The second-order valence-electron chi connectivity index (χ2n) is 5.63. The van der Waals surface area contributed by atoms with Crippen LogP contribution in [0.2, 0.25) is 0 Å². The van der Waals surface area contributed by atoms with Gasteiger partial charge in [-0.05, 0) is 30.0 Å². The number of hydrogen-bond donors (Lipinski definition) is 1.